The minimum atomic E-state index is -0.480. The number of nitrogens with zero attached hydrogens (tertiary/aromatic N) is 2. The highest BCUT2D eigenvalue weighted by Crippen LogP contribution is 2.35. The number of anilines is 1. The van der Waals surface area contributed by atoms with E-state index in [0.717, 1.165) is 17.3 Å². The molecule has 1 aromatic heterocycles. The van der Waals surface area contributed by atoms with Gasteiger partial charge in [-0.2, -0.15) is 0 Å². The second-order valence-electron chi connectivity index (χ2n) is 5.91. The number of amides is 1. The fraction of sp³-hybridized carbons (Fsp3) is 0.389. The molecule has 26 heavy (non-hydrogen) atoms. The van der Waals surface area contributed by atoms with Crippen LogP contribution in [0.1, 0.15) is 48.7 Å². The predicted octanol–water partition coefficient (Wildman–Crippen LogP) is 3.36. The molecule has 0 aliphatic heterocycles. The van der Waals surface area contributed by atoms with Crippen molar-refractivity contribution in [2.24, 2.45) is 5.84 Å². The lowest BCUT2D eigenvalue weighted by molar-refractivity contribution is 0.0953. The summed E-state index contributed by atoms with van der Waals surface area (Å²) in [6.45, 7) is 4.45. The quantitative estimate of drug-likeness (QED) is 0.260. The molecule has 1 heterocycles. The highest BCUT2D eigenvalue weighted by Gasteiger charge is 2.21. The number of hydrazine groups is 1. The average Bonchev–Trinajstić information content (AvgIpc) is 2.61. The summed E-state index contributed by atoms with van der Waals surface area (Å²) in [5.41, 5.74) is 9.72. The molecule has 5 N–H and O–H groups in total. The van der Waals surface area contributed by atoms with Gasteiger partial charge in [-0.3, -0.25) is 10.2 Å². The molecule has 0 radical (unpaired) electrons. The lowest BCUT2D eigenvalue weighted by Gasteiger charge is -2.15. The number of nitrogens with one attached hydrogen (secondary N) is 1. The van der Waals surface area contributed by atoms with Crippen LogP contribution in [0.2, 0.25) is 0 Å². The molecule has 8 heteroatoms. The van der Waals surface area contributed by atoms with Crippen LogP contribution in [-0.4, -0.2) is 22.5 Å². The van der Waals surface area contributed by atoms with Gasteiger partial charge in [-0.05, 0) is 31.5 Å². The third-order valence-electron chi connectivity index (χ3n) is 3.92. The Morgan fingerprint density at radius 3 is 2.73 bits per heavy atom. The van der Waals surface area contributed by atoms with Crippen LogP contribution in [0.15, 0.2) is 22.7 Å². The van der Waals surface area contributed by atoms with E-state index in [2.05, 4.69) is 38.2 Å². The number of nitrogens with two attached hydrogens (primary N) is 2. The maximum Gasteiger partial charge on any atom is 0.269 e. The summed E-state index contributed by atoms with van der Waals surface area (Å²) >= 11 is 3.46. The first-order chi connectivity index (χ1) is 12.5. The summed E-state index contributed by atoms with van der Waals surface area (Å²) in [5, 5.41) is 0. The topological polar surface area (TPSA) is 116 Å². The number of hydrogen-bond donors (Lipinski definition) is 3. The number of hydrogen-bond acceptors (Lipinski definition) is 6. The molecule has 1 amide bonds. The highest BCUT2D eigenvalue weighted by molar-refractivity contribution is 9.10. The first-order valence-electron chi connectivity index (χ1n) is 8.55. The van der Waals surface area contributed by atoms with E-state index >= 15 is 0 Å². The molecule has 7 nitrogen and oxygen atoms in total. The number of benzene rings is 1. The first kappa shape index (κ1) is 20.1. The van der Waals surface area contributed by atoms with Crippen molar-refractivity contribution in [1.82, 2.24) is 15.4 Å². The molecular weight excluding hydrogens is 398 g/mol. The van der Waals surface area contributed by atoms with Crippen LogP contribution in [0.25, 0.3) is 11.3 Å². The second-order valence-corrected chi connectivity index (χ2v) is 6.83. The molecule has 0 spiro atoms. The van der Waals surface area contributed by atoms with Gasteiger partial charge in [0, 0.05) is 10.0 Å². The van der Waals surface area contributed by atoms with Gasteiger partial charge in [-0.1, -0.05) is 42.1 Å². The summed E-state index contributed by atoms with van der Waals surface area (Å²) in [6, 6.07) is 5.57. The van der Waals surface area contributed by atoms with Crippen molar-refractivity contribution >= 4 is 27.8 Å². The van der Waals surface area contributed by atoms with Gasteiger partial charge in [0.25, 0.3) is 5.91 Å². The van der Waals surface area contributed by atoms with Crippen molar-refractivity contribution in [2.75, 3.05) is 12.3 Å². The highest BCUT2D eigenvalue weighted by atomic mass is 79.9. The van der Waals surface area contributed by atoms with E-state index in [1.807, 2.05) is 18.2 Å². The molecular formula is C18H24BrN5O2. The van der Waals surface area contributed by atoms with Gasteiger partial charge in [0.1, 0.15) is 5.75 Å². The van der Waals surface area contributed by atoms with Gasteiger partial charge >= 0.3 is 0 Å². The summed E-state index contributed by atoms with van der Waals surface area (Å²) in [4.78, 5) is 20.6. The van der Waals surface area contributed by atoms with Gasteiger partial charge in [-0.25, -0.2) is 15.8 Å². The molecule has 2 aromatic rings. The molecule has 2 rings (SSSR count). The van der Waals surface area contributed by atoms with Crippen LogP contribution in [0.5, 0.6) is 5.75 Å². The van der Waals surface area contributed by atoms with Crippen molar-refractivity contribution in [3.05, 3.63) is 33.9 Å². The molecule has 140 valence electrons. The molecule has 0 saturated heterocycles. The fourth-order valence-corrected chi connectivity index (χ4v) is 3.02. The number of rotatable bonds is 8. The Labute approximate surface area is 161 Å². The summed E-state index contributed by atoms with van der Waals surface area (Å²) in [7, 11) is 0. The van der Waals surface area contributed by atoms with E-state index in [0.29, 0.717) is 29.3 Å². The third-order valence-corrected chi connectivity index (χ3v) is 4.41. The van der Waals surface area contributed by atoms with Crippen LogP contribution >= 0.6 is 15.9 Å². The van der Waals surface area contributed by atoms with Crippen LogP contribution in [-0.2, 0) is 0 Å². The molecule has 0 aliphatic rings. The Morgan fingerprint density at radius 1 is 1.27 bits per heavy atom. The second kappa shape index (κ2) is 9.49. The molecule has 0 fully saturated rings. The van der Waals surface area contributed by atoms with E-state index in [1.165, 1.54) is 12.8 Å². The number of unbranched alkanes of at least 4 members (excludes halogenated alkanes) is 3. The van der Waals surface area contributed by atoms with Gasteiger partial charge in [0.15, 0.2) is 0 Å². The Balaban J connectivity index is 2.44. The van der Waals surface area contributed by atoms with Crippen LogP contribution < -0.4 is 21.7 Å². The number of ether oxygens (including phenoxy) is 1. The van der Waals surface area contributed by atoms with E-state index < -0.39 is 5.91 Å². The number of halogens is 1. The largest absolute Gasteiger partial charge is 0.493 e. The number of carbonyl (C=O) groups excluding carboxylic acids is 1. The lowest BCUT2D eigenvalue weighted by atomic mass is 10.0. The Bertz CT molecular complexity index is 782. The van der Waals surface area contributed by atoms with Gasteiger partial charge in [0.2, 0.25) is 5.95 Å². The number of aromatic nitrogens is 2. The summed E-state index contributed by atoms with van der Waals surface area (Å²) in [5.74, 6) is 5.56. The van der Waals surface area contributed by atoms with Crippen molar-refractivity contribution in [3.63, 3.8) is 0 Å². The molecule has 1 aromatic carbocycles. The van der Waals surface area contributed by atoms with E-state index in [9.17, 15) is 4.79 Å². The molecule has 0 saturated carbocycles. The van der Waals surface area contributed by atoms with Crippen LogP contribution in [0.3, 0.4) is 0 Å². The normalized spacial score (nSPS) is 10.6. The summed E-state index contributed by atoms with van der Waals surface area (Å²) in [6.07, 6.45) is 4.42. The summed E-state index contributed by atoms with van der Waals surface area (Å²) < 4.78 is 6.79. The van der Waals surface area contributed by atoms with Crippen molar-refractivity contribution in [3.8, 4) is 17.0 Å². The SMILES string of the molecule is CCCCCCOc1ccc(Br)cc1-c1nc(N)nc(C)c1C(=O)NN. The van der Waals surface area contributed by atoms with Crippen molar-refractivity contribution in [1.29, 1.82) is 0 Å². The van der Waals surface area contributed by atoms with E-state index in [4.69, 9.17) is 16.3 Å². The molecule has 0 bridgehead atoms. The van der Waals surface area contributed by atoms with Crippen LogP contribution in [0.4, 0.5) is 5.95 Å². The number of aryl methyl sites for hydroxylation is 1. The number of nitrogen functional groups attached to an aromatic ring is 2. The van der Waals surface area contributed by atoms with Crippen LogP contribution in [0, 0.1) is 6.92 Å². The first-order valence-corrected chi connectivity index (χ1v) is 9.35. The molecule has 0 aliphatic carbocycles. The maximum absolute atomic E-state index is 12.3. The monoisotopic (exact) mass is 421 g/mol. The lowest BCUT2D eigenvalue weighted by Crippen LogP contribution is -2.31. The minimum absolute atomic E-state index is 0.0833. The Hall–Kier alpha value is -2.19. The molecule has 0 unspecified atom stereocenters. The van der Waals surface area contributed by atoms with Gasteiger partial charge in [-0.15, -0.1) is 0 Å². The standard InChI is InChI=1S/C18H24BrN5O2/c1-3-4-5-6-9-26-14-8-7-12(19)10-13(14)16-15(17(25)24-21)11(2)22-18(20)23-16/h7-8,10H,3-6,9,21H2,1-2H3,(H,24,25)(H2,20,22,23). The third kappa shape index (κ3) is 4.92. The zero-order chi connectivity index (χ0) is 19.1. The zero-order valence-corrected chi connectivity index (χ0v) is 16.6. The van der Waals surface area contributed by atoms with Crippen molar-refractivity contribution in [2.45, 2.75) is 39.5 Å². The van der Waals surface area contributed by atoms with E-state index in [1.54, 1.807) is 6.92 Å². The fourth-order valence-electron chi connectivity index (χ4n) is 2.66. The zero-order valence-electron chi connectivity index (χ0n) is 15.0. The van der Waals surface area contributed by atoms with Gasteiger partial charge < -0.3 is 10.5 Å². The van der Waals surface area contributed by atoms with Gasteiger partial charge in [0.05, 0.1) is 23.6 Å². The molecule has 0 atom stereocenters. The predicted molar refractivity (Wildman–Crippen MR) is 106 cm³/mol. The minimum Gasteiger partial charge on any atom is -0.493 e. The average molecular weight is 422 g/mol. The smallest absolute Gasteiger partial charge is 0.269 e. The Kier molecular flexibility index (Phi) is 7.35. The number of carbonyl (C=O) groups is 1. The Morgan fingerprint density at radius 2 is 2.04 bits per heavy atom. The van der Waals surface area contributed by atoms with E-state index in [-0.39, 0.29) is 11.5 Å². The maximum atomic E-state index is 12.3. The van der Waals surface area contributed by atoms with Crippen molar-refractivity contribution < 1.29 is 9.53 Å².